The number of hydrogen-bond acceptors (Lipinski definition) is 4. The molecule has 2 rings (SSSR count). The lowest BCUT2D eigenvalue weighted by Gasteiger charge is -2.17. The highest BCUT2D eigenvalue weighted by atomic mass is 32.2. The van der Waals surface area contributed by atoms with E-state index in [-0.39, 0.29) is 29.2 Å². The number of rotatable bonds is 5. The van der Waals surface area contributed by atoms with E-state index in [2.05, 4.69) is 10.1 Å². The molecular weight excluding hydrogens is 316 g/mol. The quantitative estimate of drug-likeness (QED) is 0.893. The molecule has 1 aromatic rings. The van der Waals surface area contributed by atoms with Crippen LogP contribution in [0, 0.1) is 5.92 Å². The molecule has 1 saturated heterocycles. The van der Waals surface area contributed by atoms with Crippen molar-refractivity contribution in [2.75, 3.05) is 11.5 Å². The van der Waals surface area contributed by atoms with E-state index in [1.807, 2.05) is 0 Å². The summed E-state index contributed by atoms with van der Waals surface area (Å²) in [5.41, 5.74) is 0.718. The Morgan fingerprint density at radius 3 is 2.45 bits per heavy atom. The van der Waals surface area contributed by atoms with E-state index in [1.54, 1.807) is 19.1 Å². The Morgan fingerprint density at radius 2 is 1.95 bits per heavy atom. The van der Waals surface area contributed by atoms with Crippen molar-refractivity contribution in [1.29, 1.82) is 0 Å². The molecule has 1 fully saturated rings. The number of sulfone groups is 1. The first-order valence-electron chi connectivity index (χ1n) is 6.82. The zero-order chi connectivity index (χ0) is 16.3. The van der Waals surface area contributed by atoms with Crippen LogP contribution in [0.15, 0.2) is 24.3 Å². The Labute approximate surface area is 127 Å². The van der Waals surface area contributed by atoms with Crippen molar-refractivity contribution in [1.82, 2.24) is 5.32 Å². The number of nitrogens with one attached hydrogen (secondary N) is 1. The van der Waals surface area contributed by atoms with Crippen LogP contribution < -0.4 is 10.1 Å². The molecule has 1 aromatic carbocycles. The van der Waals surface area contributed by atoms with E-state index in [4.69, 9.17) is 0 Å². The fraction of sp³-hybridized carbons (Fsp3) is 0.500. The van der Waals surface area contributed by atoms with E-state index in [0.29, 0.717) is 6.42 Å². The third kappa shape index (κ3) is 4.40. The fourth-order valence-corrected chi connectivity index (χ4v) is 4.10. The molecule has 1 amide bonds. The van der Waals surface area contributed by atoms with Crippen molar-refractivity contribution in [3.63, 3.8) is 0 Å². The normalized spacial score (nSPS) is 21.5. The number of halogens is 2. The summed E-state index contributed by atoms with van der Waals surface area (Å²) in [7, 11) is -3.11. The minimum atomic E-state index is -3.11. The molecule has 0 spiro atoms. The first kappa shape index (κ1) is 16.7. The van der Waals surface area contributed by atoms with Gasteiger partial charge in [0.05, 0.1) is 23.5 Å². The maximum Gasteiger partial charge on any atom is 0.387 e. The van der Waals surface area contributed by atoms with Gasteiger partial charge < -0.3 is 10.1 Å². The molecule has 0 unspecified atom stereocenters. The van der Waals surface area contributed by atoms with Crippen molar-refractivity contribution < 1.29 is 26.7 Å². The highest BCUT2D eigenvalue weighted by Gasteiger charge is 2.33. The second-order valence-electron chi connectivity index (χ2n) is 5.28. The lowest BCUT2D eigenvalue weighted by molar-refractivity contribution is -0.124. The van der Waals surface area contributed by atoms with Crippen molar-refractivity contribution in [2.45, 2.75) is 26.0 Å². The fourth-order valence-electron chi connectivity index (χ4n) is 2.35. The monoisotopic (exact) mass is 333 g/mol. The molecule has 0 radical (unpaired) electrons. The third-order valence-electron chi connectivity index (χ3n) is 3.57. The number of hydrogen-bond donors (Lipinski definition) is 1. The van der Waals surface area contributed by atoms with Crippen molar-refractivity contribution in [2.24, 2.45) is 5.92 Å². The second-order valence-corrected chi connectivity index (χ2v) is 7.51. The minimum absolute atomic E-state index is 0.0408. The molecule has 0 bridgehead atoms. The molecule has 1 aliphatic rings. The molecule has 2 atom stereocenters. The molecule has 0 aliphatic carbocycles. The van der Waals surface area contributed by atoms with Crippen LogP contribution in [-0.4, -0.2) is 32.4 Å². The summed E-state index contributed by atoms with van der Waals surface area (Å²) in [6, 6.07) is 5.59. The van der Waals surface area contributed by atoms with Crippen LogP contribution in [0.4, 0.5) is 8.78 Å². The van der Waals surface area contributed by atoms with Crippen LogP contribution in [0.3, 0.4) is 0 Å². The predicted molar refractivity (Wildman–Crippen MR) is 76.4 cm³/mol. The average molecular weight is 333 g/mol. The van der Waals surface area contributed by atoms with E-state index < -0.39 is 22.4 Å². The Bertz CT molecular complexity index is 631. The predicted octanol–water partition coefficient (Wildman–Crippen LogP) is 1.90. The van der Waals surface area contributed by atoms with E-state index >= 15 is 0 Å². The molecule has 8 heteroatoms. The molecule has 22 heavy (non-hydrogen) atoms. The van der Waals surface area contributed by atoms with Gasteiger partial charge in [-0.25, -0.2) is 8.42 Å². The zero-order valence-corrected chi connectivity index (χ0v) is 12.8. The van der Waals surface area contributed by atoms with Crippen LogP contribution in [0.1, 0.15) is 24.9 Å². The van der Waals surface area contributed by atoms with Crippen LogP contribution >= 0.6 is 0 Å². The third-order valence-corrected chi connectivity index (χ3v) is 5.34. The molecule has 1 N–H and O–H groups in total. The number of amides is 1. The molecule has 5 nitrogen and oxygen atoms in total. The van der Waals surface area contributed by atoms with Gasteiger partial charge in [-0.15, -0.1) is 0 Å². The van der Waals surface area contributed by atoms with Gasteiger partial charge in [0.15, 0.2) is 9.84 Å². The van der Waals surface area contributed by atoms with Gasteiger partial charge in [-0.1, -0.05) is 12.1 Å². The van der Waals surface area contributed by atoms with Crippen LogP contribution in [0.25, 0.3) is 0 Å². The zero-order valence-electron chi connectivity index (χ0n) is 12.0. The van der Waals surface area contributed by atoms with E-state index in [1.165, 1.54) is 12.1 Å². The van der Waals surface area contributed by atoms with Crippen LogP contribution in [-0.2, 0) is 14.6 Å². The number of carbonyl (C=O) groups is 1. The summed E-state index contributed by atoms with van der Waals surface area (Å²) in [6.07, 6.45) is 0.335. The topological polar surface area (TPSA) is 72.5 Å². The van der Waals surface area contributed by atoms with E-state index in [0.717, 1.165) is 5.56 Å². The smallest absolute Gasteiger partial charge is 0.387 e. The standard InChI is InChI=1S/C14H17F2NO4S/c1-9(10-2-4-12(5-3-10)21-14(15)16)17-13(18)11-6-7-22(19,20)8-11/h2-5,9,11,14H,6-8H2,1H3,(H,17,18)/t9-,11-/m0/s1. The Balaban J connectivity index is 1.94. The van der Waals surface area contributed by atoms with Gasteiger partial charge in [0.2, 0.25) is 5.91 Å². The highest BCUT2D eigenvalue weighted by molar-refractivity contribution is 7.91. The van der Waals surface area contributed by atoms with Gasteiger partial charge in [-0.3, -0.25) is 4.79 Å². The minimum Gasteiger partial charge on any atom is -0.435 e. The van der Waals surface area contributed by atoms with Gasteiger partial charge in [0.1, 0.15) is 5.75 Å². The second kappa shape index (κ2) is 6.60. The molecule has 1 aliphatic heterocycles. The van der Waals surface area contributed by atoms with Gasteiger partial charge in [0.25, 0.3) is 0 Å². The van der Waals surface area contributed by atoms with E-state index in [9.17, 15) is 22.0 Å². The SMILES string of the molecule is C[C@H](NC(=O)[C@H]1CCS(=O)(=O)C1)c1ccc(OC(F)F)cc1. The van der Waals surface area contributed by atoms with Crippen molar-refractivity contribution in [3.8, 4) is 5.75 Å². The Morgan fingerprint density at radius 1 is 1.32 bits per heavy atom. The summed E-state index contributed by atoms with van der Waals surface area (Å²) in [5.74, 6) is -0.860. The number of benzene rings is 1. The summed E-state index contributed by atoms with van der Waals surface area (Å²) in [5, 5.41) is 2.74. The molecule has 0 saturated carbocycles. The van der Waals surface area contributed by atoms with Gasteiger partial charge in [-0.05, 0) is 31.0 Å². The molecule has 0 aromatic heterocycles. The molecule has 1 heterocycles. The lowest BCUT2D eigenvalue weighted by Crippen LogP contribution is -2.33. The summed E-state index contributed by atoms with van der Waals surface area (Å²) < 4.78 is 51.1. The van der Waals surface area contributed by atoms with Crippen molar-refractivity contribution in [3.05, 3.63) is 29.8 Å². The average Bonchev–Trinajstić information content (AvgIpc) is 2.79. The summed E-state index contributed by atoms with van der Waals surface area (Å²) >= 11 is 0. The maximum atomic E-state index is 12.1. The lowest BCUT2D eigenvalue weighted by atomic mass is 10.1. The summed E-state index contributed by atoms with van der Waals surface area (Å²) in [4.78, 5) is 12.0. The van der Waals surface area contributed by atoms with Crippen molar-refractivity contribution >= 4 is 15.7 Å². The van der Waals surface area contributed by atoms with Crippen LogP contribution in [0.5, 0.6) is 5.75 Å². The van der Waals surface area contributed by atoms with Gasteiger partial charge >= 0.3 is 6.61 Å². The summed E-state index contributed by atoms with van der Waals surface area (Å²) in [6.45, 7) is -1.14. The Hall–Kier alpha value is -1.70. The highest BCUT2D eigenvalue weighted by Crippen LogP contribution is 2.22. The first-order valence-corrected chi connectivity index (χ1v) is 8.64. The molecular formula is C14H17F2NO4S. The largest absolute Gasteiger partial charge is 0.435 e. The first-order chi connectivity index (χ1) is 10.3. The Kier molecular flexibility index (Phi) is 5.00. The molecule has 122 valence electrons. The number of alkyl halides is 2. The maximum absolute atomic E-state index is 12.1. The number of ether oxygens (including phenoxy) is 1. The van der Waals surface area contributed by atoms with Gasteiger partial charge in [0, 0.05) is 0 Å². The van der Waals surface area contributed by atoms with Gasteiger partial charge in [-0.2, -0.15) is 8.78 Å². The number of carbonyl (C=O) groups excluding carboxylic acids is 1. The van der Waals surface area contributed by atoms with Crippen LogP contribution in [0.2, 0.25) is 0 Å².